The molecule has 0 spiro atoms. The lowest BCUT2D eigenvalue weighted by Crippen LogP contribution is -2.30. The van der Waals surface area contributed by atoms with Crippen molar-refractivity contribution in [2.45, 2.75) is 335 Å². The molecule has 0 aliphatic rings. The summed E-state index contributed by atoms with van der Waals surface area (Å²) in [6.07, 6.45) is 62.0. The first kappa shape index (κ1) is 63.1. The van der Waals surface area contributed by atoms with Crippen LogP contribution in [0.3, 0.4) is 0 Å². The Morgan fingerprint density at radius 2 is 0.508 bits per heavy atom. The van der Waals surface area contributed by atoms with E-state index in [2.05, 4.69) is 32.9 Å². The molecule has 0 unspecified atom stereocenters. The van der Waals surface area contributed by atoms with Crippen LogP contribution in [0.25, 0.3) is 0 Å². The molecule has 0 saturated heterocycles. The molecule has 0 fully saturated rings. The fourth-order valence-electron chi connectivity index (χ4n) is 8.85. The summed E-state index contributed by atoms with van der Waals surface area (Å²) in [5.41, 5.74) is 0. The number of hydrogen-bond donors (Lipinski definition) is 0. The molecule has 0 radical (unpaired) electrons. The zero-order valence-corrected chi connectivity index (χ0v) is 44.0. The summed E-state index contributed by atoms with van der Waals surface area (Å²) in [6, 6.07) is 0. The van der Waals surface area contributed by atoms with E-state index in [-0.39, 0.29) is 31.1 Å². The maximum atomic E-state index is 12.9. The van der Waals surface area contributed by atoms with Crippen LogP contribution in [0.15, 0.2) is 12.2 Å². The first-order valence-electron chi connectivity index (χ1n) is 29.2. The van der Waals surface area contributed by atoms with E-state index in [1.165, 1.54) is 231 Å². The van der Waals surface area contributed by atoms with E-state index in [1.54, 1.807) is 0 Å². The Bertz CT molecular complexity index is 1010. The lowest BCUT2D eigenvalue weighted by molar-refractivity contribution is -0.167. The van der Waals surface area contributed by atoms with Crippen LogP contribution in [0.4, 0.5) is 0 Å². The molecule has 1 atom stereocenters. The van der Waals surface area contributed by atoms with Crippen molar-refractivity contribution in [1.82, 2.24) is 0 Å². The first-order valence-corrected chi connectivity index (χ1v) is 29.2. The van der Waals surface area contributed by atoms with E-state index in [9.17, 15) is 14.4 Å². The molecule has 0 amide bonds. The summed E-state index contributed by atoms with van der Waals surface area (Å²) in [5, 5.41) is 0. The van der Waals surface area contributed by atoms with Gasteiger partial charge in [0.25, 0.3) is 0 Å². The van der Waals surface area contributed by atoms with E-state index in [0.29, 0.717) is 19.3 Å². The van der Waals surface area contributed by atoms with Gasteiger partial charge in [-0.2, -0.15) is 0 Å². The van der Waals surface area contributed by atoms with Gasteiger partial charge in [-0.25, -0.2) is 0 Å². The van der Waals surface area contributed by atoms with Crippen molar-refractivity contribution in [3.05, 3.63) is 12.2 Å². The van der Waals surface area contributed by atoms with Gasteiger partial charge >= 0.3 is 17.9 Å². The van der Waals surface area contributed by atoms with E-state index in [4.69, 9.17) is 14.2 Å². The van der Waals surface area contributed by atoms with Gasteiger partial charge in [0.15, 0.2) is 6.10 Å². The fraction of sp³-hybridized carbons (Fsp3) is 0.915. The van der Waals surface area contributed by atoms with Gasteiger partial charge in [-0.05, 0) is 44.9 Å². The maximum Gasteiger partial charge on any atom is 0.306 e. The molecule has 0 aromatic heterocycles. The van der Waals surface area contributed by atoms with Gasteiger partial charge in [-0.3, -0.25) is 14.4 Å². The number of rotatable bonds is 54. The molecule has 0 aromatic rings. The minimum atomic E-state index is -0.766. The molecule has 0 rings (SSSR count). The third kappa shape index (κ3) is 53.0. The van der Waals surface area contributed by atoms with Gasteiger partial charge < -0.3 is 14.2 Å². The second-order valence-corrected chi connectivity index (χ2v) is 19.9. The van der Waals surface area contributed by atoms with Crippen LogP contribution < -0.4 is 0 Å². The zero-order chi connectivity index (χ0) is 47.2. The van der Waals surface area contributed by atoms with Gasteiger partial charge in [0.2, 0.25) is 0 Å². The average Bonchev–Trinajstić information content (AvgIpc) is 3.30. The molecular weight excluding hydrogens is 805 g/mol. The third-order valence-corrected chi connectivity index (χ3v) is 13.3. The van der Waals surface area contributed by atoms with Crippen molar-refractivity contribution < 1.29 is 28.6 Å². The molecule has 0 aromatic carbocycles. The highest BCUT2D eigenvalue weighted by Crippen LogP contribution is 2.17. The van der Waals surface area contributed by atoms with Crippen molar-refractivity contribution in [1.29, 1.82) is 0 Å². The van der Waals surface area contributed by atoms with Crippen LogP contribution >= 0.6 is 0 Å². The quantitative estimate of drug-likeness (QED) is 0.0262. The Morgan fingerprint density at radius 1 is 0.292 bits per heavy atom. The second kappa shape index (κ2) is 54.8. The van der Waals surface area contributed by atoms with Crippen LogP contribution in [0.2, 0.25) is 0 Å². The van der Waals surface area contributed by atoms with Crippen LogP contribution in [0.5, 0.6) is 0 Å². The highest BCUT2D eigenvalue weighted by Gasteiger charge is 2.19. The van der Waals surface area contributed by atoms with Crippen LogP contribution in [-0.2, 0) is 28.6 Å². The highest BCUT2D eigenvalue weighted by molar-refractivity contribution is 5.71. The number of unbranched alkanes of at least 4 members (excludes halogenated alkanes) is 41. The maximum absolute atomic E-state index is 12.9. The second-order valence-electron chi connectivity index (χ2n) is 19.9. The van der Waals surface area contributed by atoms with Crippen molar-refractivity contribution in [3.8, 4) is 0 Å². The summed E-state index contributed by atoms with van der Waals surface area (Å²) in [4.78, 5) is 38.1. The number of hydrogen-bond acceptors (Lipinski definition) is 6. The predicted octanol–water partition coefficient (Wildman–Crippen LogP) is 19.3. The van der Waals surface area contributed by atoms with Crippen molar-refractivity contribution in [2.24, 2.45) is 0 Å². The molecule has 0 heterocycles. The molecule has 6 heteroatoms. The van der Waals surface area contributed by atoms with Gasteiger partial charge in [0.05, 0.1) is 0 Å². The molecule has 6 nitrogen and oxygen atoms in total. The summed E-state index contributed by atoms with van der Waals surface area (Å²) in [5.74, 6) is -0.845. The van der Waals surface area contributed by atoms with Crippen molar-refractivity contribution in [2.75, 3.05) is 13.2 Å². The normalized spacial score (nSPS) is 12.0. The average molecular weight is 918 g/mol. The van der Waals surface area contributed by atoms with Gasteiger partial charge in [-0.15, -0.1) is 0 Å². The van der Waals surface area contributed by atoms with Crippen LogP contribution in [0.1, 0.15) is 329 Å². The van der Waals surface area contributed by atoms with Gasteiger partial charge in [0, 0.05) is 19.3 Å². The standard InChI is InChI=1S/C59H112O6/c1-4-7-10-13-16-19-22-25-27-29-31-34-37-40-43-46-49-52-58(61)64-55-56(54-63-57(60)51-48-45-42-39-36-33-24-21-18-15-12-9-6-3)65-59(62)53-50-47-44-41-38-35-32-30-28-26-23-20-17-14-11-8-5-2/h25,27,56H,4-24,26,28-55H2,1-3H3/b27-25-/t56-/m0/s1. The van der Waals surface area contributed by atoms with Crippen LogP contribution in [-0.4, -0.2) is 37.2 Å². The number of carbonyl (C=O) groups is 3. The topological polar surface area (TPSA) is 78.9 Å². The Labute approximate surface area is 405 Å². The Kier molecular flexibility index (Phi) is 53.2. The van der Waals surface area contributed by atoms with E-state index >= 15 is 0 Å². The lowest BCUT2D eigenvalue weighted by atomic mass is 10.0. The number of esters is 3. The van der Waals surface area contributed by atoms with E-state index in [1.807, 2.05) is 0 Å². The van der Waals surface area contributed by atoms with Crippen molar-refractivity contribution >= 4 is 17.9 Å². The van der Waals surface area contributed by atoms with E-state index in [0.717, 1.165) is 57.8 Å². The largest absolute Gasteiger partial charge is 0.462 e. The lowest BCUT2D eigenvalue weighted by Gasteiger charge is -2.18. The summed E-state index contributed by atoms with van der Waals surface area (Å²) < 4.78 is 16.9. The SMILES string of the molecule is CCCCCCCC/C=C\CCCCCCCCCC(=O)OC[C@H](COC(=O)CCCCCCCCCCCCCCC)OC(=O)CCCCCCCCCCCCCCCCCCC. The Balaban J connectivity index is 4.31. The predicted molar refractivity (Wildman–Crippen MR) is 280 cm³/mol. The monoisotopic (exact) mass is 917 g/mol. The molecule has 0 saturated carbocycles. The smallest absolute Gasteiger partial charge is 0.306 e. The minimum absolute atomic E-state index is 0.0652. The third-order valence-electron chi connectivity index (χ3n) is 13.3. The number of carbonyl (C=O) groups excluding carboxylic acids is 3. The molecule has 0 aliphatic carbocycles. The minimum Gasteiger partial charge on any atom is -0.462 e. The number of allylic oxidation sites excluding steroid dienone is 2. The first-order chi connectivity index (χ1) is 32.0. The molecule has 0 aliphatic heterocycles. The van der Waals surface area contributed by atoms with Gasteiger partial charge in [-0.1, -0.05) is 277 Å². The highest BCUT2D eigenvalue weighted by atomic mass is 16.6. The molecule has 384 valence electrons. The molecular formula is C59H112O6. The fourth-order valence-corrected chi connectivity index (χ4v) is 8.85. The summed E-state index contributed by atoms with van der Waals surface area (Å²) >= 11 is 0. The van der Waals surface area contributed by atoms with E-state index < -0.39 is 6.10 Å². The zero-order valence-electron chi connectivity index (χ0n) is 44.0. The molecule has 65 heavy (non-hydrogen) atoms. The number of ether oxygens (including phenoxy) is 3. The Morgan fingerprint density at radius 3 is 0.769 bits per heavy atom. The summed E-state index contributed by atoms with van der Waals surface area (Å²) in [7, 11) is 0. The molecule has 0 bridgehead atoms. The molecule has 0 N–H and O–H groups in total. The Hall–Kier alpha value is -1.85. The van der Waals surface area contributed by atoms with Crippen LogP contribution in [0, 0.1) is 0 Å². The van der Waals surface area contributed by atoms with Crippen molar-refractivity contribution in [3.63, 3.8) is 0 Å². The van der Waals surface area contributed by atoms with Gasteiger partial charge in [0.1, 0.15) is 13.2 Å². The summed E-state index contributed by atoms with van der Waals surface area (Å²) in [6.45, 7) is 6.69.